The lowest BCUT2D eigenvalue weighted by Gasteiger charge is -2.25. The van der Waals surface area contributed by atoms with Gasteiger partial charge in [-0.3, -0.25) is 9.48 Å². The Bertz CT molecular complexity index is 862. The molecule has 4 rings (SSSR count). The van der Waals surface area contributed by atoms with Gasteiger partial charge in [0.25, 0.3) is 5.91 Å². The van der Waals surface area contributed by atoms with Gasteiger partial charge in [-0.05, 0) is 50.6 Å². The van der Waals surface area contributed by atoms with E-state index in [4.69, 9.17) is 9.47 Å². The normalized spacial score (nSPS) is 19.8. The van der Waals surface area contributed by atoms with Crippen LogP contribution in [0.5, 0.6) is 11.5 Å². The lowest BCUT2D eigenvalue weighted by atomic mass is 9.97. The Hall–Kier alpha value is -2.61. The summed E-state index contributed by atoms with van der Waals surface area (Å²) in [6.07, 6.45) is 6.55. The van der Waals surface area contributed by atoms with Crippen molar-refractivity contribution in [1.82, 2.24) is 24.8 Å². The maximum atomic E-state index is 13.0. The first kappa shape index (κ1) is 20.7. The maximum Gasteiger partial charge on any atom is 0.276 e. The first-order valence-electron chi connectivity index (χ1n) is 10.8. The smallest absolute Gasteiger partial charge is 0.276 e. The van der Waals surface area contributed by atoms with Gasteiger partial charge in [0.1, 0.15) is 11.5 Å². The summed E-state index contributed by atoms with van der Waals surface area (Å²) < 4.78 is 12.7. The highest BCUT2D eigenvalue weighted by molar-refractivity contribution is 5.92. The summed E-state index contributed by atoms with van der Waals surface area (Å²) in [4.78, 5) is 17.3. The zero-order valence-corrected chi connectivity index (χ0v) is 17.9. The summed E-state index contributed by atoms with van der Waals surface area (Å²) in [5, 5.41) is 8.32. The third kappa shape index (κ3) is 4.59. The Morgan fingerprint density at radius 1 is 1.10 bits per heavy atom. The summed E-state index contributed by atoms with van der Waals surface area (Å²) in [7, 11) is 3.33. The molecule has 162 valence electrons. The molecule has 0 saturated carbocycles. The lowest BCUT2D eigenvalue weighted by Crippen LogP contribution is -2.32. The number of hydrogen-bond donors (Lipinski definition) is 0. The minimum Gasteiger partial charge on any atom is -0.497 e. The number of likely N-dealkylation sites (tertiary alicyclic amines) is 2. The average molecular weight is 414 g/mol. The molecule has 0 bridgehead atoms. The topological polar surface area (TPSA) is 72.7 Å². The largest absolute Gasteiger partial charge is 0.497 e. The van der Waals surface area contributed by atoms with Crippen molar-refractivity contribution in [3.8, 4) is 11.5 Å². The zero-order valence-electron chi connectivity index (χ0n) is 17.9. The van der Waals surface area contributed by atoms with E-state index in [9.17, 15) is 4.79 Å². The molecule has 0 spiro atoms. The fourth-order valence-corrected chi connectivity index (χ4v) is 4.45. The van der Waals surface area contributed by atoms with Crippen LogP contribution in [0, 0.1) is 0 Å². The van der Waals surface area contributed by atoms with Crippen molar-refractivity contribution >= 4 is 5.91 Å². The summed E-state index contributed by atoms with van der Waals surface area (Å²) >= 11 is 0. The second-order valence-electron chi connectivity index (χ2n) is 8.11. The number of hydrogen-bond acceptors (Lipinski definition) is 6. The summed E-state index contributed by atoms with van der Waals surface area (Å²) in [5.74, 6) is 1.79. The van der Waals surface area contributed by atoms with E-state index in [0.717, 1.165) is 49.7 Å². The van der Waals surface area contributed by atoms with E-state index < -0.39 is 0 Å². The van der Waals surface area contributed by atoms with Gasteiger partial charge in [0, 0.05) is 31.1 Å². The second kappa shape index (κ2) is 9.47. The molecule has 1 aromatic carbocycles. The van der Waals surface area contributed by atoms with Gasteiger partial charge in [-0.25, -0.2) is 0 Å². The number of amides is 1. The van der Waals surface area contributed by atoms with Crippen LogP contribution in [-0.2, 0) is 6.54 Å². The molecule has 2 aliphatic rings. The third-order valence-corrected chi connectivity index (χ3v) is 6.20. The highest BCUT2D eigenvalue weighted by Crippen LogP contribution is 2.36. The van der Waals surface area contributed by atoms with E-state index in [1.807, 2.05) is 23.1 Å². The Labute approximate surface area is 177 Å². The fraction of sp³-hybridized carbons (Fsp3) is 0.591. The van der Waals surface area contributed by atoms with Crippen molar-refractivity contribution in [2.75, 3.05) is 46.9 Å². The molecule has 1 atom stereocenters. The van der Waals surface area contributed by atoms with Crippen molar-refractivity contribution in [2.24, 2.45) is 0 Å². The monoisotopic (exact) mass is 413 g/mol. The van der Waals surface area contributed by atoms with Crippen LogP contribution in [0.25, 0.3) is 0 Å². The van der Waals surface area contributed by atoms with Crippen molar-refractivity contribution in [2.45, 2.75) is 38.1 Å². The van der Waals surface area contributed by atoms with Crippen LogP contribution in [0.4, 0.5) is 0 Å². The van der Waals surface area contributed by atoms with Crippen molar-refractivity contribution < 1.29 is 14.3 Å². The molecule has 8 heteroatoms. The van der Waals surface area contributed by atoms with Gasteiger partial charge in [0.05, 0.1) is 27.0 Å². The third-order valence-electron chi connectivity index (χ3n) is 6.20. The van der Waals surface area contributed by atoms with Crippen LogP contribution < -0.4 is 9.47 Å². The Morgan fingerprint density at radius 2 is 1.93 bits per heavy atom. The number of piperidine rings is 1. The van der Waals surface area contributed by atoms with Crippen LogP contribution in [0.3, 0.4) is 0 Å². The number of carbonyl (C=O) groups excluding carboxylic acids is 1. The molecule has 0 unspecified atom stereocenters. The predicted octanol–water partition coefficient (Wildman–Crippen LogP) is 2.41. The molecule has 0 radical (unpaired) electrons. The van der Waals surface area contributed by atoms with Crippen molar-refractivity contribution in [1.29, 1.82) is 0 Å². The summed E-state index contributed by atoms with van der Waals surface area (Å²) in [6.45, 7) is 5.38. The van der Waals surface area contributed by atoms with Crippen LogP contribution >= 0.6 is 0 Å². The molecule has 30 heavy (non-hydrogen) atoms. The molecular weight excluding hydrogens is 382 g/mol. The number of nitrogens with zero attached hydrogens (tertiary/aromatic N) is 5. The van der Waals surface area contributed by atoms with Gasteiger partial charge < -0.3 is 19.3 Å². The maximum absolute atomic E-state index is 13.0. The highest BCUT2D eigenvalue weighted by Gasteiger charge is 2.31. The first-order valence-corrected chi connectivity index (χ1v) is 10.8. The molecule has 2 aromatic rings. The highest BCUT2D eigenvalue weighted by atomic mass is 16.5. The van der Waals surface area contributed by atoms with Gasteiger partial charge in [-0.15, -0.1) is 5.10 Å². The van der Waals surface area contributed by atoms with Crippen LogP contribution in [-0.4, -0.2) is 77.6 Å². The van der Waals surface area contributed by atoms with Gasteiger partial charge in [0.15, 0.2) is 5.69 Å². The molecular formula is C22H31N5O3. The molecule has 2 saturated heterocycles. The Balaban J connectivity index is 1.36. The quantitative estimate of drug-likeness (QED) is 0.694. The minimum absolute atomic E-state index is 0.0522. The fourth-order valence-electron chi connectivity index (χ4n) is 4.45. The number of methoxy groups -OCH3 is 2. The van der Waals surface area contributed by atoms with Crippen molar-refractivity contribution in [3.63, 3.8) is 0 Å². The molecule has 2 fully saturated rings. The van der Waals surface area contributed by atoms with E-state index >= 15 is 0 Å². The van der Waals surface area contributed by atoms with E-state index in [-0.39, 0.29) is 11.8 Å². The van der Waals surface area contributed by atoms with Crippen LogP contribution in [0.1, 0.15) is 47.7 Å². The number of benzene rings is 1. The van der Waals surface area contributed by atoms with Crippen LogP contribution in [0.15, 0.2) is 24.4 Å². The Morgan fingerprint density at radius 3 is 2.70 bits per heavy atom. The van der Waals surface area contributed by atoms with E-state index in [0.29, 0.717) is 18.8 Å². The zero-order chi connectivity index (χ0) is 20.9. The van der Waals surface area contributed by atoms with E-state index in [1.54, 1.807) is 25.1 Å². The molecule has 1 aromatic heterocycles. The first-order chi connectivity index (χ1) is 14.7. The summed E-state index contributed by atoms with van der Waals surface area (Å²) in [5.41, 5.74) is 1.50. The number of aromatic nitrogens is 3. The molecule has 0 N–H and O–H groups in total. The summed E-state index contributed by atoms with van der Waals surface area (Å²) in [6, 6.07) is 5.82. The lowest BCUT2D eigenvalue weighted by molar-refractivity contribution is 0.0784. The Kier molecular flexibility index (Phi) is 6.52. The predicted molar refractivity (Wildman–Crippen MR) is 113 cm³/mol. The SMILES string of the molecule is COc1ccc(OC)c([C@@H]2CCN(C(=O)c3cn(CCN4CCCCC4)nn3)C2)c1. The molecule has 8 nitrogen and oxygen atoms in total. The molecule has 3 heterocycles. The van der Waals surface area contributed by atoms with E-state index in [1.165, 1.54) is 19.3 Å². The van der Waals surface area contributed by atoms with Gasteiger partial charge in [-0.1, -0.05) is 11.6 Å². The standard InChI is InChI=1S/C22H31N5O3/c1-29-18-6-7-21(30-2)19(14-18)17-8-11-26(15-17)22(28)20-16-27(24-23-20)13-12-25-9-4-3-5-10-25/h6-7,14,16-17H,3-5,8-13,15H2,1-2H3/t17-/m1/s1. The van der Waals surface area contributed by atoms with E-state index in [2.05, 4.69) is 15.2 Å². The average Bonchev–Trinajstić information content (AvgIpc) is 3.47. The molecule has 1 amide bonds. The van der Waals surface area contributed by atoms with Crippen molar-refractivity contribution in [3.05, 3.63) is 35.7 Å². The molecule has 2 aliphatic heterocycles. The van der Waals surface area contributed by atoms with Gasteiger partial charge in [0.2, 0.25) is 0 Å². The number of ether oxygens (including phenoxy) is 2. The van der Waals surface area contributed by atoms with Crippen LogP contribution in [0.2, 0.25) is 0 Å². The van der Waals surface area contributed by atoms with Gasteiger partial charge >= 0.3 is 0 Å². The molecule has 0 aliphatic carbocycles. The minimum atomic E-state index is -0.0522. The second-order valence-corrected chi connectivity index (χ2v) is 8.11. The number of rotatable bonds is 7. The number of carbonyl (C=O) groups is 1. The van der Waals surface area contributed by atoms with Gasteiger partial charge in [-0.2, -0.15) is 0 Å².